The number of nitrogens with zero attached hydrogens (tertiary/aromatic N) is 3. The minimum absolute atomic E-state index is 0.680. The van der Waals surface area contributed by atoms with Crippen LogP contribution in [0.3, 0.4) is 0 Å². The molecule has 2 heterocycles. The summed E-state index contributed by atoms with van der Waals surface area (Å²) in [6.45, 7) is 4.31. The highest BCUT2D eigenvalue weighted by Crippen LogP contribution is 2.41. The fourth-order valence-electron chi connectivity index (χ4n) is 2.42. The van der Waals surface area contributed by atoms with Crippen molar-refractivity contribution in [1.82, 2.24) is 9.88 Å². The lowest BCUT2D eigenvalue weighted by Gasteiger charge is -2.34. The number of piperazine rings is 1. The highest BCUT2D eigenvalue weighted by molar-refractivity contribution is 5.65. The van der Waals surface area contributed by atoms with Crippen LogP contribution in [-0.4, -0.2) is 43.1 Å². The second-order valence-corrected chi connectivity index (χ2v) is 5.24. The molecule has 17 heavy (non-hydrogen) atoms. The molecule has 1 aliphatic carbocycles. The second kappa shape index (κ2) is 4.18. The van der Waals surface area contributed by atoms with Gasteiger partial charge in [0, 0.05) is 32.4 Å². The molecule has 2 N–H and O–H groups in total. The molecule has 1 aromatic rings. The van der Waals surface area contributed by atoms with Crippen molar-refractivity contribution in [3.63, 3.8) is 0 Å². The first-order chi connectivity index (χ1) is 8.24. The fourth-order valence-corrected chi connectivity index (χ4v) is 2.42. The molecule has 2 aliphatic rings. The molecule has 0 aromatic carbocycles. The van der Waals surface area contributed by atoms with Gasteiger partial charge in [-0.25, -0.2) is 4.98 Å². The van der Waals surface area contributed by atoms with Crippen LogP contribution >= 0.6 is 0 Å². The van der Waals surface area contributed by atoms with Crippen LogP contribution < -0.4 is 10.6 Å². The summed E-state index contributed by atoms with van der Waals surface area (Å²) >= 11 is 0. The first kappa shape index (κ1) is 10.8. The van der Waals surface area contributed by atoms with Gasteiger partial charge in [0.15, 0.2) is 0 Å². The van der Waals surface area contributed by atoms with Gasteiger partial charge in [-0.15, -0.1) is 0 Å². The van der Waals surface area contributed by atoms with Crippen molar-refractivity contribution in [2.24, 2.45) is 0 Å². The molecule has 92 valence electrons. The number of nitrogens with two attached hydrogens (primary N) is 1. The van der Waals surface area contributed by atoms with Gasteiger partial charge in [-0.3, -0.25) is 0 Å². The second-order valence-electron chi connectivity index (χ2n) is 5.24. The zero-order chi connectivity index (χ0) is 11.8. The number of hydrogen-bond donors (Lipinski definition) is 1. The van der Waals surface area contributed by atoms with Gasteiger partial charge < -0.3 is 15.5 Å². The largest absolute Gasteiger partial charge is 0.382 e. The Morgan fingerprint density at radius 2 is 1.94 bits per heavy atom. The molecule has 1 saturated carbocycles. The van der Waals surface area contributed by atoms with E-state index < -0.39 is 0 Å². The van der Waals surface area contributed by atoms with E-state index in [1.165, 1.54) is 18.4 Å². The lowest BCUT2D eigenvalue weighted by atomic mass is 10.1. The number of aromatic nitrogens is 1. The van der Waals surface area contributed by atoms with Crippen LogP contribution in [-0.2, 0) is 0 Å². The number of pyridine rings is 1. The lowest BCUT2D eigenvalue weighted by Crippen LogP contribution is -2.44. The highest BCUT2D eigenvalue weighted by Gasteiger charge is 2.25. The van der Waals surface area contributed by atoms with Crippen LogP contribution in [0.2, 0.25) is 0 Å². The maximum absolute atomic E-state index is 6.01. The quantitative estimate of drug-likeness (QED) is 0.834. The van der Waals surface area contributed by atoms with Gasteiger partial charge in [-0.05, 0) is 37.4 Å². The van der Waals surface area contributed by atoms with Gasteiger partial charge in [0.1, 0.15) is 5.82 Å². The summed E-state index contributed by atoms with van der Waals surface area (Å²) in [5.41, 5.74) is 8.52. The smallest absolute Gasteiger partial charge is 0.146 e. The molecule has 3 rings (SSSR count). The first-order valence-corrected chi connectivity index (χ1v) is 6.43. The monoisotopic (exact) mass is 232 g/mol. The van der Waals surface area contributed by atoms with E-state index in [9.17, 15) is 0 Å². The van der Waals surface area contributed by atoms with E-state index in [4.69, 9.17) is 5.73 Å². The number of likely N-dealkylation sites (N-methyl/N-ethyl adjacent to an activating group) is 1. The van der Waals surface area contributed by atoms with Crippen molar-refractivity contribution in [2.75, 3.05) is 43.9 Å². The topological polar surface area (TPSA) is 45.4 Å². The van der Waals surface area contributed by atoms with Crippen molar-refractivity contribution >= 4 is 11.5 Å². The van der Waals surface area contributed by atoms with E-state index in [1.54, 1.807) is 0 Å². The van der Waals surface area contributed by atoms with Crippen molar-refractivity contribution in [1.29, 1.82) is 0 Å². The summed E-state index contributed by atoms with van der Waals surface area (Å²) < 4.78 is 0. The Morgan fingerprint density at radius 3 is 2.59 bits per heavy atom. The Kier molecular flexibility index (Phi) is 2.67. The van der Waals surface area contributed by atoms with Crippen molar-refractivity contribution in [3.8, 4) is 0 Å². The summed E-state index contributed by atoms with van der Waals surface area (Å²) in [4.78, 5) is 9.08. The third-order valence-electron chi connectivity index (χ3n) is 3.81. The van der Waals surface area contributed by atoms with E-state index >= 15 is 0 Å². The van der Waals surface area contributed by atoms with Crippen molar-refractivity contribution in [3.05, 3.63) is 17.8 Å². The fraction of sp³-hybridized carbons (Fsp3) is 0.615. The zero-order valence-electron chi connectivity index (χ0n) is 10.4. The lowest BCUT2D eigenvalue weighted by molar-refractivity contribution is 0.313. The molecular weight excluding hydrogens is 212 g/mol. The van der Waals surface area contributed by atoms with Crippen molar-refractivity contribution in [2.45, 2.75) is 18.8 Å². The van der Waals surface area contributed by atoms with E-state index in [1.807, 2.05) is 6.20 Å². The van der Waals surface area contributed by atoms with E-state index in [0.717, 1.165) is 37.8 Å². The van der Waals surface area contributed by atoms with Crippen LogP contribution in [0.1, 0.15) is 24.3 Å². The van der Waals surface area contributed by atoms with E-state index in [2.05, 4.69) is 27.9 Å². The third-order valence-corrected chi connectivity index (χ3v) is 3.81. The summed E-state index contributed by atoms with van der Waals surface area (Å²) in [5, 5.41) is 0. The average Bonchev–Trinajstić information content (AvgIpc) is 3.15. The Labute approximate surface area is 102 Å². The summed E-state index contributed by atoms with van der Waals surface area (Å²) in [6, 6.07) is 2.26. The molecule has 2 fully saturated rings. The number of rotatable bonds is 2. The Morgan fingerprint density at radius 1 is 1.24 bits per heavy atom. The summed E-state index contributed by atoms with van der Waals surface area (Å²) in [5.74, 6) is 1.42. The Hall–Kier alpha value is -1.29. The molecule has 0 unspecified atom stereocenters. The molecule has 0 spiro atoms. The minimum atomic E-state index is 0.680. The van der Waals surface area contributed by atoms with Crippen LogP contribution in [0, 0.1) is 0 Å². The van der Waals surface area contributed by atoms with Crippen molar-refractivity contribution < 1.29 is 0 Å². The molecule has 1 aliphatic heterocycles. The highest BCUT2D eigenvalue weighted by atomic mass is 15.3. The molecule has 0 atom stereocenters. The predicted molar refractivity (Wildman–Crippen MR) is 70.3 cm³/mol. The predicted octanol–water partition coefficient (Wildman–Crippen LogP) is 1.29. The summed E-state index contributed by atoms with van der Waals surface area (Å²) in [6.07, 6.45) is 4.58. The molecular formula is C13H20N4. The van der Waals surface area contributed by atoms with Crippen LogP contribution in [0.25, 0.3) is 0 Å². The molecule has 0 amide bonds. The third kappa shape index (κ3) is 2.22. The van der Waals surface area contributed by atoms with Gasteiger partial charge in [-0.1, -0.05) is 0 Å². The van der Waals surface area contributed by atoms with Crippen LogP contribution in [0.4, 0.5) is 11.5 Å². The molecule has 4 heteroatoms. The van der Waals surface area contributed by atoms with Gasteiger partial charge in [-0.2, -0.15) is 0 Å². The van der Waals surface area contributed by atoms with Gasteiger partial charge in [0.25, 0.3) is 0 Å². The summed E-state index contributed by atoms with van der Waals surface area (Å²) in [7, 11) is 2.17. The van der Waals surface area contributed by atoms with Crippen LogP contribution in [0.5, 0.6) is 0 Å². The normalized spacial score (nSPS) is 21.8. The van der Waals surface area contributed by atoms with Gasteiger partial charge in [0.2, 0.25) is 0 Å². The first-order valence-electron chi connectivity index (χ1n) is 6.43. The Bertz CT molecular complexity index is 406. The molecule has 0 bridgehead atoms. The van der Waals surface area contributed by atoms with E-state index in [0.29, 0.717) is 5.82 Å². The number of hydrogen-bond acceptors (Lipinski definition) is 4. The minimum Gasteiger partial charge on any atom is -0.382 e. The van der Waals surface area contributed by atoms with Crippen LogP contribution in [0.15, 0.2) is 12.3 Å². The standard InChI is InChI=1S/C13H20N4/c1-16-4-6-17(7-5-16)12-8-11(10-2-3-10)9-15-13(12)14/h8-10H,2-7H2,1H3,(H2,14,15). The van der Waals surface area contributed by atoms with Gasteiger partial charge in [0.05, 0.1) is 5.69 Å². The maximum atomic E-state index is 6.01. The van der Waals surface area contributed by atoms with E-state index in [-0.39, 0.29) is 0 Å². The molecule has 1 aromatic heterocycles. The van der Waals surface area contributed by atoms with Gasteiger partial charge >= 0.3 is 0 Å². The number of anilines is 2. The number of nitrogen functional groups attached to an aromatic ring is 1. The average molecular weight is 232 g/mol. The SMILES string of the molecule is CN1CCN(c2cc(C3CC3)cnc2N)CC1. The molecule has 1 saturated heterocycles. The molecule has 4 nitrogen and oxygen atoms in total. The zero-order valence-corrected chi connectivity index (χ0v) is 10.4. The Balaban J connectivity index is 1.82. The maximum Gasteiger partial charge on any atom is 0.146 e. The molecule has 0 radical (unpaired) electrons.